The van der Waals surface area contributed by atoms with E-state index in [0.29, 0.717) is 13.0 Å². The molecule has 0 saturated carbocycles. The fraction of sp³-hybridized carbons (Fsp3) is 0.385. The molecule has 0 aliphatic carbocycles. The number of nitrogens with zero attached hydrogens (tertiary/aromatic N) is 1. The summed E-state index contributed by atoms with van der Waals surface area (Å²) in [5, 5.41) is 14.4. The van der Waals surface area contributed by atoms with E-state index in [9.17, 15) is 4.79 Å². The van der Waals surface area contributed by atoms with E-state index >= 15 is 0 Å². The van der Waals surface area contributed by atoms with Crippen LogP contribution in [0.4, 0.5) is 5.69 Å². The van der Waals surface area contributed by atoms with Crippen molar-refractivity contribution in [2.45, 2.75) is 26.3 Å². The minimum absolute atomic E-state index is 0.0198. The summed E-state index contributed by atoms with van der Waals surface area (Å²) in [6, 6.07) is 9.35. The summed E-state index contributed by atoms with van der Waals surface area (Å²) in [7, 11) is 0. The lowest BCUT2D eigenvalue weighted by Gasteiger charge is -2.14. The highest BCUT2D eigenvalue weighted by Crippen LogP contribution is 2.11. The van der Waals surface area contributed by atoms with Gasteiger partial charge < -0.3 is 10.6 Å². The van der Waals surface area contributed by atoms with Gasteiger partial charge in [0.1, 0.15) is 6.04 Å². The fourth-order valence-electron chi connectivity index (χ4n) is 1.45. The van der Waals surface area contributed by atoms with Crippen LogP contribution in [-0.2, 0) is 11.2 Å². The Morgan fingerprint density at radius 3 is 2.59 bits per heavy atom. The summed E-state index contributed by atoms with van der Waals surface area (Å²) in [5.74, 6) is -0.0198. The normalized spacial score (nSPS) is 11.4. The molecule has 1 unspecified atom stereocenters. The molecular formula is C13H17N3O. The van der Waals surface area contributed by atoms with E-state index in [2.05, 4.69) is 16.7 Å². The van der Waals surface area contributed by atoms with E-state index in [4.69, 9.17) is 5.26 Å². The Kier molecular flexibility index (Phi) is 5.02. The smallest absolute Gasteiger partial charge is 0.242 e. The highest BCUT2D eigenvalue weighted by molar-refractivity contribution is 5.84. The first kappa shape index (κ1) is 13.0. The number of nitrogens with one attached hydrogen (secondary N) is 2. The van der Waals surface area contributed by atoms with Gasteiger partial charge in [0, 0.05) is 12.2 Å². The molecule has 0 saturated heterocycles. The molecule has 4 heteroatoms. The van der Waals surface area contributed by atoms with Crippen molar-refractivity contribution < 1.29 is 4.79 Å². The molecule has 1 rings (SSSR count). The number of carbonyl (C=O) groups is 1. The average Bonchev–Trinajstić information content (AvgIpc) is 2.32. The molecule has 1 aromatic rings. The number of rotatable bonds is 5. The van der Waals surface area contributed by atoms with Gasteiger partial charge in [-0.3, -0.25) is 4.79 Å². The number of benzene rings is 1. The number of amides is 1. The van der Waals surface area contributed by atoms with Crippen molar-refractivity contribution >= 4 is 11.6 Å². The standard InChI is InChI=1S/C13H17N3O/c1-3-15-13(17)10(2)16-12-6-4-11(5-7-12)8-9-14/h4-7,10,16H,3,8H2,1-2H3,(H,15,17). The summed E-state index contributed by atoms with van der Waals surface area (Å²) in [4.78, 5) is 11.5. The molecule has 0 heterocycles. The van der Waals surface area contributed by atoms with Crippen molar-refractivity contribution in [1.29, 1.82) is 5.26 Å². The van der Waals surface area contributed by atoms with Crippen LogP contribution >= 0.6 is 0 Å². The first-order chi connectivity index (χ1) is 8.17. The Bertz CT molecular complexity index is 406. The molecular weight excluding hydrogens is 214 g/mol. The molecule has 17 heavy (non-hydrogen) atoms. The van der Waals surface area contributed by atoms with Gasteiger partial charge in [0.2, 0.25) is 5.91 Å². The lowest BCUT2D eigenvalue weighted by Crippen LogP contribution is -2.37. The van der Waals surface area contributed by atoms with E-state index in [1.54, 1.807) is 0 Å². The van der Waals surface area contributed by atoms with Crippen LogP contribution in [0.2, 0.25) is 0 Å². The Morgan fingerprint density at radius 1 is 1.41 bits per heavy atom. The summed E-state index contributed by atoms with van der Waals surface area (Å²) in [5.41, 5.74) is 1.86. The van der Waals surface area contributed by atoms with E-state index in [-0.39, 0.29) is 11.9 Å². The molecule has 90 valence electrons. The highest BCUT2D eigenvalue weighted by Gasteiger charge is 2.10. The van der Waals surface area contributed by atoms with Crippen LogP contribution in [0, 0.1) is 11.3 Å². The molecule has 2 N–H and O–H groups in total. The molecule has 0 aromatic heterocycles. The lowest BCUT2D eigenvalue weighted by molar-refractivity contribution is -0.121. The number of likely N-dealkylation sites (N-methyl/N-ethyl adjacent to an activating group) is 1. The first-order valence-electron chi connectivity index (χ1n) is 5.67. The van der Waals surface area contributed by atoms with Crippen molar-refractivity contribution in [3.63, 3.8) is 0 Å². The molecule has 4 nitrogen and oxygen atoms in total. The van der Waals surface area contributed by atoms with E-state index in [1.165, 1.54) is 0 Å². The molecule has 0 fully saturated rings. The number of hydrogen-bond acceptors (Lipinski definition) is 3. The van der Waals surface area contributed by atoms with Crippen LogP contribution in [0.25, 0.3) is 0 Å². The molecule has 0 radical (unpaired) electrons. The molecule has 0 spiro atoms. The third kappa shape index (κ3) is 4.15. The molecule has 0 aliphatic rings. The van der Waals surface area contributed by atoms with Crippen LogP contribution in [0.5, 0.6) is 0 Å². The largest absolute Gasteiger partial charge is 0.374 e. The van der Waals surface area contributed by atoms with Gasteiger partial charge in [0.05, 0.1) is 12.5 Å². The maximum absolute atomic E-state index is 11.5. The Hall–Kier alpha value is -2.02. The van der Waals surface area contributed by atoms with Crippen molar-refractivity contribution in [1.82, 2.24) is 5.32 Å². The zero-order chi connectivity index (χ0) is 12.7. The second-order valence-corrected chi connectivity index (χ2v) is 3.79. The quantitative estimate of drug-likeness (QED) is 0.810. The number of nitriles is 1. The van der Waals surface area contributed by atoms with Crippen LogP contribution in [-0.4, -0.2) is 18.5 Å². The van der Waals surface area contributed by atoms with Crippen LogP contribution < -0.4 is 10.6 Å². The van der Waals surface area contributed by atoms with Crippen LogP contribution in [0.3, 0.4) is 0 Å². The van der Waals surface area contributed by atoms with Crippen LogP contribution in [0.1, 0.15) is 19.4 Å². The minimum Gasteiger partial charge on any atom is -0.374 e. The summed E-state index contributed by atoms with van der Waals surface area (Å²) < 4.78 is 0. The average molecular weight is 231 g/mol. The zero-order valence-electron chi connectivity index (χ0n) is 10.2. The Morgan fingerprint density at radius 2 is 2.06 bits per heavy atom. The molecule has 0 aliphatic heterocycles. The maximum atomic E-state index is 11.5. The molecule has 1 amide bonds. The molecule has 0 bridgehead atoms. The SMILES string of the molecule is CCNC(=O)C(C)Nc1ccc(CC#N)cc1. The summed E-state index contributed by atoms with van der Waals surface area (Å²) in [6.07, 6.45) is 0.409. The van der Waals surface area contributed by atoms with Gasteiger partial charge in [-0.1, -0.05) is 12.1 Å². The van der Waals surface area contributed by atoms with E-state index in [1.807, 2.05) is 38.1 Å². The topological polar surface area (TPSA) is 64.9 Å². The molecule has 1 atom stereocenters. The predicted octanol–water partition coefficient (Wildman–Crippen LogP) is 1.69. The third-order valence-electron chi connectivity index (χ3n) is 2.36. The minimum atomic E-state index is -0.267. The number of hydrogen-bond donors (Lipinski definition) is 2. The predicted molar refractivity (Wildman–Crippen MR) is 67.5 cm³/mol. The number of carbonyl (C=O) groups excluding carboxylic acids is 1. The van der Waals surface area contributed by atoms with Gasteiger partial charge in [0.15, 0.2) is 0 Å². The first-order valence-corrected chi connectivity index (χ1v) is 5.67. The van der Waals surface area contributed by atoms with Crippen molar-refractivity contribution in [2.75, 3.05) is 11.9 Å². The van der Waals surface area contributed by atoms with Crippen LogP contribution in [0.15, 0.2) is 24.3 Å². The Balaban J connectivity index is 2.57. The Labute approximate surface area is 102 Å². The van der Waals surface area contributed by atoms with Gasteiger partial charge >= 0.3 is 0 Å². The second kappa shape index (κ2) is 6.54. The highest BCUT2D eigenvalue weighted by atomic mass is 16.2. The monoisotopic (exact) mass is 231 g/mol. The molecule has 1 aromatic carbocycles. The van der Waals surface area contributed by atoms with Gasteiger partial charge in [-0.15, -0.1) is 0 Å². The number of anilines is 1. The fourth-order valence-corrected chi connectivity index (χ4v) is 1.45. The van der Waals surface area contributed by atoms with Crippen molar-refractivity contribution in [2.24, 2.45) is 0 Å². The van der Waals surface area contributed by atoms with Gasteiger partial charge in [-0.25, -0.2) is 0 Å². The van der Waals surface area contributed by atoms with Gasteiger partial charge in [-0.05, 0) is 31.5 Å². The van der Waals surface area contributed by atoms with Gasteiger partial charge in [-0.2, -0.15) is 5.26 Å². The third-order valence-corrected chi connectivity index (χ3v) is 2.36. The van der Waals surface area contributed by atoms with Gasteiger partial charge in [0.25, 0.3) is 0 Å². The van der Waals surface area contributed by atoms with E-state index < -0.39 is 0 Å². The second-order valence-electron chi connectivity index (χ2n) is 3.79. The maximum Gasteiger partial charge on any atom is 0.242 e. The summed E-state index contributed by atoms with van der Waals surface area (Å²) >= 11 is 0. The zero-order valence-corrected chi connectivity index (χ0v) is 10.2. The van der Waals surface area contributed by atoms with Crippen molar-refractivity contribution in [3.8, 4) is 6.07 Å². The van der Waals surface area contributed by atoms with Crippen molar-refractivity contribution in [3.05, 3.63) is 29.8 Å². The summed E-state index contributed by atoms with van der Waals surface area (Å²) in [6.45, 7) is 4.33. The lowest BCUT2D eigenvalue weighted by atomic mass is 10.1. The van der Waals surface area contributed by atoms with E-state index in [0.717, 1.165) is 11.3 Å².